The third-order valence-corrected chi connectivity index (χ3v) is 4.00. The highest BCUT2D eigenvalue weighted by atomic mass is 19.1. The summed E-state index contributed by atoms with van der Waals surface area (Å²) in [5.74, 6) is 0.129. The van der Waals surface area contributed by atoms with Crippen molar-refractivity contribution >= 4 is 5.69 Å². The highest BCUT2D eigenvalue weighted by Gasteiger charge is 2.25. The van der Waals surface area contributed by atoms with Crippen LogP contribution in [0.15, 0.2) is 18.2 Å². The summed E-state index contributed by atoms with van der Waals surface area (Å²) < 4.78 is 13.5. The molecular formula is C16H25FN2O. The molecule has 0 spiro atoms. The summed E-state index contributed by atoms with van der Waals surface area (Å²) in [6.07, 6.45) is 0.662. The van der Waals surface area contributed by atoms with Crippen LogP contribution in [0.25, 0.3) is 0 Å². The van der Waals surface area contributed by atoms with Crippen molar-refractivity contribution in [3.8, 4) is 0 Å². The smallest absolute Gasteiger partial charge is 0.123 e. The van der Waals surface area contributed by atoms with Gasteiger partial charge in [-0.2, -0.15) is 0 Å². The normalized spacial score (nSPS) is 23.4. The standard InChI is InChI=1S/C16H25FN2O/c1-11(2)18-9-13-8-14(17)4-5-15(13)19-7-6-12(3)16(20)10-19/h4-5,8,11-12,16,18,20H,6-7,9-10H2,1-3H3. The monoisotopic (exact) mass is 280 g/mol. The number of hydrogen-bond donors (Lipinski definition) is 2. The van der Waals surface area contributed by atoms with E-state index < -0.39 is 0 Å². The van der Waals surface area contributed by atoms with E-state index in [9.17, 15) is 9.50 Å². The predicted octanol–water partition coefficient (Wildman–Crippen LogP) is 2.53. The number of nitrogens with zero attached hydrogens (tertiary/aromatic N) is 1. The highest BCUT2D eigenvalue weighted by Crippen LogP contribution is 2.27. The average molecular weight is 280 g/mol. The van der Waals surface area contributed by atoms with Gasteiger partial charge in [0.15, 0.2) is 0 Å². The highest BCUT2D eigenvalue weighted by molar-refractivity contribution is 5.54. The summed E-state index contributed by atoms with van der Waals surface area (Å²) >= 11 is 0. The van der Waals surface area contributed by atoms with Crippen molar-refractivity contribution in [3.05, 3.63) is 29.6 Å². The molecule has 1 heterocycles. The van der Waals surface area contributed by atoms with E-state index in [0.29, 0.717) is 25.0 Å². The number of β-amino-alcohol motifs (C(OH)–C–C–N with tert-alkyl or cyclic N) is 1. The second kappa shape index (κ2) is 6.55. The van der Waals surface area contributed by atoms with E-state index in [2.05, 4.69) is 31.0 Å². The Bertz CT molecular complexity index is 450. The first-order valence-electron chi connectivity index (χ1n) is 7.42. The van der Waals surface area contributed by atoms with Crippen LogP contribution >= 0.6 is 0 Å². The van der Waals surface area contributed by atoms with Crippen molar-refractivity contribution in [1.82, 2.24) is 5.32 Å². The number of piperidine rings is 1. The van der Waals surface area contributed by atoms with Crippen LogP contribution < -0.4 is 10.2 Å². The molecule has 0 aromatic heterocycles. The third kappa shape index (κ3) is 3.70. The summed E-state index contributed by atoms with van der Waals surface area (Å²) in [6.45, 7) is 8.41. The zero-order valence-corrected chi connectivity index (χ0v) is 12.6. The van der Waals surface area contributed by atoms with Crippen LogP contribution in [0, 0.1) is 11.7 Å². The summed E-state index contributed by atoms with van der Waals surface area (Å²) in [7, 11) is 0. The van der Waals surface area contributed by atoms with Gasteiger partial charge in [-0.3, -0.25) is 0 Å². The molecule has 4 heteroatoms. The lowest BCUT2D eigenvalue weighted by Gasteiger charge is -2.37. The van der Waals surface area contributed by atoms with E-state index in [4.69, 9.17) is 0 Å². The molecule has 0 aliphatic carbocycles. The molecule has 2 rings (SSSR count). The first kappa shape index (κ1) is 15.3. The lowest BCUT2D eigenvalue weighted by atomic mass is 9.95. The van der Waals surface area contributed by atoms with E-state index in [1.54, 1.807) is 6.07 Å². The molecule has 112 valence electrons. The van der Waals surface area contributed by atoms with Gasteiger partial charge in [0.2, 0.25) is 0 Å². The minimum Gasteiger partial charge on any atom is -0.391 e. The Morgan fingerprint density at radius 3 is 2.85 bits per heavy atom. The van der Waals surface area contributed by atoms with E-state index in [1.165, 1.54) is 6.07 Å². The number of halogens is 1. The first-order chi connectivity index (χ1) is 9.47. The minimum atomic E-state index is -0.306. The number of anilines is 1. The summed E-state index contributed by atoms with van der Waals surface area (Å²) in [6, 6.07) is 5.28. The fraction of sp³-hybridized carbons (Fsp3) is 0.625. The Morgan fingerprint density at radius 1 is 1.45 bits per heavy atom. The van der Waals surface area contributed by atoms with Crippen LogP contribution in [-0.2, 0) is 6.54 Å². The van der Waals surface area contributed by atoms with Gasteiger partial charge < -0.3 is 15.3 Å². The Kier molecular flexibility index (Phi) is 5.00. The van der Waals surface area contributed by atoms with E-state index >= 15 is 0 Å². The van der Waals surface area contributed by atoms with Crippen LogP contribution in [0.3, 0.4) is 0 Å². The maximum absolute atomic E-state index is 13.5. The molecular weight excluding hydrogens is 255 g/mol. The van der Waals surface area contributed by atoms with E-state index in [1.807, 2.05) is 6.07 Å². The molecule has 2 atom stereocenters. The maximum atomic E-state index is 13.5. The number of aliphatic hydroxyl groups excluding tert-OH is 1. The van der Waals surface area contributed by atoms with Gasteiger partial charge in [0.25, 0.3) is 0 Å². The van der Waals surface area contributed by atoms with Gasteiger partial charge in [0.05, 0.1) is 6.10 Å². The molecule has 3 nitrogen and oxygen atoms in total. The van der Waals surface area contributed by atoms with E-state index in [-0.39, 0.29) is 11.9 Å². The predicted molar refractivity (Wildman–Crippen MR) is 80.4 cm³/mol. The summed E-state index contributed by atoms with van der Waals surface area (Å²) in [5, 5.41) is 13.4. The molecule has 1 aliphatic rings. The lowest BCUT2D eigenvalue weighted by Crippen LogP contribution is -2.43. The number of benzene rings is 1. The second-order valence-corrected chi connectivity index (χ2v) is 6.09. The van der Waals surface area contributed by atoms with Crippen LogP contribution in [0.2, 0.25) is 0 Å². The molecule has 0 saturated carbocycles. The van der Waals surface area contributed by atoms with Crippen molar-refractivity contribution in [2.75, 3.05) is 18.0 Å². The quantitative estimate of drug-likeness (QED) is 0.889. The zero-order valence-electron chi connectivity index (χ0n) is 12.6. The Hall–Kier alpha value is -1.13. The fourth-order valence-corrected chi connectivity index (χ4v) is 2.59. The molecule has 2 unspecified atom stereocenters. The fourth-order valence-electron chi connectivity index (χ4n) is 2.59. The van der Waals surface area contributed by atoms with Gasteiger partial charge >= 0.3 is 0 Å². The van der Waals surface area contributed by atoms with Gasteiger partial charge in [0, 0.05) is 31.4 Å². The van der Waals surface area contributed by atoms with E-state index in [0.717, 1.165) is 24.2 Å². The van der Waals surface area contributed by atoms with Gasteiger partial charge in [-0.1, -0.05) is 20.8 Å². The van der Waals surface area contributed by atoms with Crippen molar-refractivity contribution in [2.45, 2.75) is 45.9 Å². The van der Waals surface area contributed by atoms with Crippen molar-refractivity contribution in [1.29, 1.82) is 0 Å². The van der Waals surface area contributed by atoms with Gasteiger partial charge in [0.1, 0.15) is 5.82 Å². The molecule has 1 aromatic carbocycles. The third-order valence-electron chi connectivity index (χ3n) is 4.00. The topological polar surface area (TPSA) is 35.5 Å². The molecule has 0 bridgehead atoms. The maximum Gasteiger partial charge on any atom is 0.123 e. The van der Waals surface area contributed by atoms with Crippen LogP contribution in [0.1, 0.15) is 32.8 Å². The Balaban J connectivity index is 2.17. The molecule has 1 aromatic rings. The number of nitrogens with one attached hydrogen (secondary N) is 1. The summed E-state index contributed by atoms with van der Waals surface area (Å²) in [4.78, 5) is 2.17. The van der Waals surface area contributed by atoms with Crippen molar-refractivity contribution < 1.29 is 9.50 Å². The van der Waals surface area contributed by atoms with Crippen molar-refractivity contribution in [2.24, 2.45) is 5.92 Å². The zero-order chi connectivity index (χ0) is 14.7. The molecule has 1 saturated heterocycles. The molecule has 2 N–H and O–H groups in total. The summed E-state index contributed by atoms with van der Waals surface area (Å²) in [5.41, 5.74) is 1.99. The van der Waals surface area contributed by atoms with Gasteiger partial charge in [-0.25, -0.2) is 4.39 Å². The Morgan fingerprint density at radius 2 is 2.20 bits per heavy atom. The number of hydrogen-bond acceptors (Lipinski definition) is 3. The number of rotatable bonds is 4. The molecule has 1 fully saturated rings. The minimum absolute atomic E-state index is 0.208. The largest absolute Gasteiger partial charge is 0.391 e. The second-order valence-electron chi connectivity index (χ2n) is 6.09. The van der Waals surface area contributed by atoms with Crippen molar-refractivity contribution in [3.63, 3.8) is 0 Å². The average Bonchev–Trinajstić information content (AvgIpc) is 2.40. The molecule has 20 heavy (non-hydrogen) atoms. The van der Waals surface area contributed by atoms with Gasteiger partial charge in [-0.05, 0) is 36.1 Å². The SMILES string of the molecule is CC(C)NCc1cc(F)ccc1N1CCC(C)C(O)C1. The first-order valence-corrected chi connectivity index (χ1v) is 7.42. The molecule has 0 amide bonds. The number of aliphatic hydroxyl groups is 1. The van der Waals surface area contributed by atoms with Crippen LogP contribution in [0.4, 0.5) is 10.1 Å². The Labute approximate surface area is 120 Å². The van der Waals surface area contributed by atoms with Gasteiger partial charge in [-0.15, -0.1) is 0 Å². The molecule has 0 radical (unpaired) electrons. The molecule has 1 aliphatic heterocycles. The lowest BCUT2D eigenvalue weighted by molar-refractivity contribution is 0.103. The van der Waals surface area contributed by atoms with Crippen LogP contribution in [-0.4, -0.2) is 30.3 Å². The van der Waals surface area contributed by atoms with Crippen LogP contribution in [0.5, 0.6) is 0 Å².